The van der Waals surface area contributed by atoms with Crippen LogP contribution in [0.4, 0.5) is 4.39 Å². The average molecular weight is 380 g/mol. The number of imidazole rings is 1. The van der Waals surface area contributed by atoms with Crippen LogP contribution >= 0.6 is 11.3 Å². The van der Waals surface area contributed by atoms with Crippen molar-refractivity contribution in [3.8, 4) is 11.5 Å². The zero-order valence-corrected chi connectivity index (χ0v) is 15.2. The number of hydrogen-bond acceptors (Lipinski definition) is 4. The second-order valence-corrected chi connectivity index (χ2v) is 6.83. The van der Waals surface area contributed by atoms with Crippen molar-refractivity contribution in [2.45, 2.75) is 13.0 Å². The predicted molar refractivity (Wildman–Crippen MR) is 104 cm³/mol. The number of halogens is 1. The van der Waals surface area contributed by atoms with Crippen molar-refractivity contribution >= 4 is 28.3 Å². The van der Waals surface area contributed by atoms with Crippen LogP contribution < -0.4 is 5.32 Å². The molecule has 0 aliphatic carbocycles. The number of nitrogens with one attached hydrogen (secondary N) is 1. The van der Waals surface area contributed by atoms with E-state index >= 15 is 0 Å². The van der Waals surface area contributed by atoms with Crippen molar-refractivity contribution in [2.75, 3.05) is 6.54 Å². The van der Waals surface area contributed by atoms with E-state index in [0.29, 0.717) is 18.8 Å². The van der Waals surface area contributed by atoms with Crippen LogP contribution in [0.3, 0.4) is 0 Å². The Hall–Kier alpha value is -3.06. The number of benzene rings is 2. The van der Waals surface area contributed by atoms with Gasteiger partial charge in [-0.1, -0.05) is 24.3 Å². The minimum atomic E-state index is -0.260. The minimum Gasteiger partial charge on any atom is -0.354 e. The number of aromatic nitrogens is 3. The van der Waals surface area contributed by atoms with E-state index < -0.39 is 0 Å². The van der Waals surface area contributed by atoms with E-state index in [4.69, 9.17) is 0 Å². The van der Waals surface area contributed by atoms with Crippen LogP contribution in [-0.2, 0) is 17.8 Å². The minimum absolute atomic E-state index is 0.100. The van der Waals surface area contributed by atoms with Gasteiger partial charge >= 0.3 is 0 Å². The first kappa shape index (κ1) is 17.4. The molecule has 0 bridgehead atoms. The molecule has 0 unspecified atom stereocenters. The van der Waals surface area contributed by atoms with Crippen molar-refractivity contribution in [2.24, 2.45) is 0 Å². The molecular formula is C20H17FN4OS. The van der Waals surface area contributed by atoms with E-state index in [-0.39, 0.29) is 18.3 Å². The number of nitrogens with zero attached hydrogens (tertiary/aromatic N) is 3. The van der Waals surface area contributed by atoms with Crippen LogP contribution in [0.5, 0.6) is 0 Å². The Bertz CT molecular complexity index is 1060. The Labute approximate surface area is 159 Å². The highest BCUT2D eigenvalue weighted by Gasteiger charge is 2.16. The topological polar surface area (TPSA) is 59.8 Å². The normalized spacial score (nSPS) is 11.0. The lowest BCUT2D eigenvalue weighted by Crippen LogP contribution is -2.29. The van der Waals surface area contributed by atoms with Crippen molar-refractivity contribution in [1.29, 1.82) is 0 Å². The number of rotatable bonds is 6. The van der Waals surface area contributed by atoms with Gasteiger partial charge in [0.25, 0.3) is 0 Å². The Morgan fingerprint density at radius 1 is 1.15 bits per heavy atom. The molecule has 0 fully saturated rings. The van der Waals surface area contributed by atoms with Gasteiger partial charge in [0.05, 0.1) is 16.5 Å². The monoisotopic (exact) mass is 380 g/mol. The summed E-state index contributed by atoms with van der Waals surface area (Å²) in [6, 6.07) is 14.0. The standard InChI is InChI=1S/C20H17FN4OS/c21-15-7-5-14(6-8-15)9-10-22-19(26)11-25-18-4-2-1-3-16(18)24-20(25)17-12-27-13-23-17/h1-8,12-13H,9-11H2,(H,22,26). The van der Waals surface area contributed by atoms with Gasteiger partial charge < -0.3 is 9.88 Å². The zero-order chi connectivity index (χ0) is 18.6. The van der Waals surface area contributed by atoms with Gasteiger partial charge in [-0.2, -0.15) is 0 Å². The quantitative estimate of drug-likeness (QED) is 0.555. The SMILES string of the molecule is O=C(Cn1c(-c2cscn2)nc2ccccc21)NCCc1ccc(F)cc1. The first-order valence-corrected chi connectivity index (χ1v) is 9.50. The van der Waals surface area contributed by atoms with Crippen molar-refractivity contribution in [3.05, 3.63) is 70.8 Å². The summed E-state index contributed by atoms with van der Waals surface area (Å²) in [6.45, 7) is 0.653. The first-order chi connectivity index (χ1) is 13.2. The lowest BCUT2D eigenvalue weighted by atomic mass is 10.1. The molecule has 7 heteroatoms. The van der Waals surface area contributed by atoms with Crippen LogP contribution in [0, 0.1) is 5.82 Å². The smallest absolute Gasteiger partial charge is 0.240 e. The summed E-state index contributed by atoms with van der Waals surface area (Å²) >= 11 is 1.49. The summed E-state index contributed by atoms with van der Waals surface area (Å²) in [7, 11) is 0. The Morgan fingerprint density at radius 2 is 1.96 bits per heavy atom. The second-order valence-electron chi connectivity index (χ2n) is 6.11. The third-order valence-corrected chi connectivity index (χ3v) is 4.85. The van der Waals surface area contributed by atoms with E-state index in [1.807, 2.05) is 34.2 Å². The molecule has 0 radical (unpaired) electrons. The van der Waals surface area contributed by atoms with Gasteiger partial charge in [0.1, 0.15) is 18.1 Å². The third kappa shape index (κ3) is 3.88. The maximum Gasteiger partial charge on any atom is 0.240 e. The molecule has 2 heterocycles. The van der Waals surface area contributed by atoms with Gasteiger partial charge in [-0.3, -0.25) is 4.79 Å². The summed E-state index contributed by atoms with van der Waals surface area (Å²) in [5.74, 6) is 0.326. The molecule has 2 aromatic heterocycles. The van der Waals surface area contributed by atoms with Gasteiger partial charge in [-0.25, -0.2) is 14.4 Å². The van der Waals surface area contributed by atoms with E-state index in [2.05, 4.69) is 15.3 Å². The summed E-state index contributed by atoms with van der Waals surface area (Å²) in [4.78, 5) is 21.5. The Kier molecular flexibility index (Phi) is 4.93. The fourth-order valence-corrected chi connectivity index (χ4v) is 3.48. The molecule has 0 aliphatic heterocycles. The number of thiazole rings is 1. The van der Waals surface area contributed by atoms with Crippen LogP contribution in [0.1, 0.15) is 5.56 Å². The number of para-hydroxylation sites is 2. The van der Waals surface area contributed by atoms with E-state index in [1.165, 1.54) is 23.5 Å². The Morgan fingerprint density at radius 3 is 2.74 bits per heavy atom. The number of amides is 1. The highest BCUT2D eigenvalue weighted by atomic mass is 32.1. The van der Waals surface area contributed by atoms with Gasteiger partial charge in [-0.05, 0) is 36.2 Å². The summed E-state index contributed by atoms with van der Waals surface area (Å²) in [6.07, 6.45) is 0.648. The average Bonchev–Trinajstić information content (AvgIpc) is 3.32. The molecule has 0 aliphatic rings. The van der Waals surface area contributed by atoms with E-state index in [9.17, 15) is 9.18 Å². The highest BCUT2D eigenvalue weighted by Crippen LogP contribution is 2.24. The molecule has 4 aromatic rings. The number of hydrogen-bond donors (Lipinski definition) is 1. The Balaban J connectivity index is 1.48. The number of carbonyl (C=O) groups excluding carboxylic acids is 1. The molecule has 1 amide bonds. The second kappa shape index (κ2) is 7.67. The lowest BCUT2D eigenvalue weighted by molar-refractivity contribution is -0.121. The number of carbonyl (C=O) groups is 1. The lowest BCUT2D eigenvalue weighted by Gasteiger charge is -2.09. The molecule has 2 aromatic carbocycles. The van der Waals surface area contributed by atoms with Gasteiger partial charge in [0.2, 0.25) is 5.91 Å². The maximum absolute atomic E-state index is 12.9. The molecule has 0 spiro atoms. The van der Waals surface area contributed by atoms with Gasteiger partial charge in [-0.15, -0.1) is 11.3 Å². The molecule has 5 nitrogen and oxygen atoms in total. The van der Waals surface area contributed by atoms with Gasteiger partial charge in [0, 0.05) is 11.9 Å². The fourth-order valence-electron chi connectivity index (χ4n) is 2.95. The third-order valence-electron chi connectivity index (χ3n) is 4.27. The summed E-state index contributed by atoms with van der Waals surface area (Å²) in [5, 5.41) is 4.84. The number of fused-ring (bicyclic) bond motifs is 1. The molecule has 4 rings (SSSR count). The van der Waals surface area contributed by atoms with Crippen LogP contribution in [0.15, 0.2) is 59.4 Å². The maximum atomic E-state index is 12.9. The first-order valence-electron chi connectivity index (χ1n) is 8.56. The van der Waals surface area contributed by atoms with Crippen molar-refractivity contribution in [1.82, 2.24) is 19.9 Å². The van der Waals surface area contributed by atoms with Crippen LogP contribution in [0.25, 0.3) is 22.6 Å². The highest BCUT2D eigenvalue weighted by molar-refractivity contribution is 7.07. The summed E-state index contributed by atoms with van der Waals surface area (Å²) in [5.41, 5.74) is 5.22. The van der Waals surface area contributed by atoms with E-state index in [0.717, 1.165) is 22.3 Å². The molecule has 27 heavy (non-hydrogen) atoms. The summed E-state index contributed by atoms with van der Waals surface area (Å²) < 4.78 is 14.8. The van der Waals surface area contributed by atoms with Crippen LogP contribution in [-0.4, -0.2) is 27.0 Å². The zero-order valence-electron chi connectivity index (χ0n) is 14.4. The molecular weight excluding hydrogens is 363 g/mol. The van der Waals surface area contributed by atoms with E-state index in [1.54, 1.807) is 17.6 Å². The predicted octanol–water partition coefficient (Wildman–Crippen LogP) is 3.66. The molecule has 0 atom stereocenters. The van der Waals surface area contributed by atoms with Crippen molar-refractivity contribution in [3.63, 3.8) is 0 Å². The molecule has 136 valence electrons. The molecule has 0 saturated heterocycles. The molecule has 1 N–H and O–H groups in total. The van der Waals surface area contributed by atoms with Gasteiger partial charge in [0.15, 0.2) is 5.82 Å². The molecule has 0 saturated carbocycles. The largest absolute Gasteiger partial charge is 0.354 e. The van der Waals surface area contributed by atoms with Crippen molar-refractivity contribution < 1.29 is 9.18 Å². The van der Waals surface area contributed by atoms with Crippen LogP contribution in [0.2, 0.25) is 0 Å². The fraction of sp³-hybridized carbons (Fsp3) is 0.150.